The molecule has 0 radical (unpaired) electrons. The molecular weight excluding hydrogens is 280 g/mol. The molecule has 0 spiro atoms. The van der Waals surface area contributed by atoms with E-state index < -0.39 is 10.0 Å². The highest BCUT2D eigenvalue weighted by molar-refractivity contribution is 7.89. The fourth-order valence-corrected chi connectivity index (χ4v) is 1.85. The molecular formula is C8H15ClN6O2S. The molecule has 0 atom stereocenters. The molecule has 0 aliphatic heterocycles. The molecule has 10 heteroatoms. The molecule has 0 aliphatic rings. The second kappa shape index (κ2) is 6.66. The van der Waals surface area contributed by atoms with Gasteiger partial charge in [-0.15, -0.1) is 0 Å². The van der Waals surface area contributed by atoms with Gasteiger partial charge in [-0.2, -0.15) is 15.0 Å². The van der Waals surface area contributed by atoms with Gasteiger partial charge in [0, 0.05) is 13.1 Å². The number of hydrogen-bond acceptors (Lipinski definition) is 7. The van der Waals surface area contributed by atoms with Crippen LogP contribution in [0.15, 0.2) is 0 Å². The van der Waals surface area contributed by atoms with Gasteiger partial charge in [-0.3, -0.25) is 0 Å². The molecule has 102 valence electrons. The highest BCUT2D eigenvalue weighted by Gasteiger charge is 2.05. The summed E-state index contributed by atoms with van der Waals surface area (Å²) >= 11 is 5.71. The summed E-state index contributed by atoms with van der Waals surface area (Å²) in [5.74, 6) is 0.561. The van der Waals surface area contributed by atoms with Crippen molar-refractivity contribution >= 4 is 33.5 Å². The maximum absolute atomic E-state index is 10.7. The number of nitrogens with one attached hydrogen (secondary N) is 2. The smallest absolute Gasteiger partial charge is 0.228 e. The lowest BCUT2D eigenvalue weighted by atomic mass is 10.5. The Labute approximate surface area is 110 Å². The second-order valence-corrected chi connectivity index (χ2v) is 5.50. The van der Waals surface area contributed by atoms with Crippen LogP contribution in [0.5, 0.6) is 0 Å². The third-order valence-electron chi connectivity index (χ3n) is 1.83. The minimum atomic E-state index is -3.44. The summed E-state index contributed by atoms with van der Waals surface area (Å²) in [5, 5.41) is 10.7. The van der Waals surface area contributed by atoms with Gasteiger partial charge in [-0.1, -0.05) is 0 Å². The van der Waals surface area contributed by atoms with Crippen LogP contribution in [-0.2, 0) is 10.0 Å². The van der Waals surface area contributed by atoms with Gasteiger partial charge in [0.25, 0.3) is 0 Å². The quantitative estimate of drug-likeness (QED) is 0.607. The fraction of sp³-hybridized carbons (Fsp3) is 0.625. The van der Waals surface area contributed by atoms with Gasteiger partial charge in [0.2, 0.25) is 27.2 Å². The van der Waals surface area contributed by atoms with Crippen molar-refractivity contribution in [1.82, 2.24) is 15.0 Å². The van der Waals surface area contributed by atoms with Crippen molar-refractivity contribution in [3.8, 4) is 0 Å². The number of nitrogens with two attached hydrogens (primary N) is 1. The summed E-state index contributed by atoms with van der Waals surface area (Å²) in [6.45, 7) is 2.93. The van der Waals surface area contributed by atoms with Gasteiger partial charge < -0.3 is 10.6 Å². The van der Waals surface area contributed by atoms with Gasteiger partial charge in [0.05, 0.1) is 5.75 Å². The van der Waals surface area contributed by atoms with Crippen molar-refractivity contribution in [2.45, 2.75) is 13.3 Å². The number of hydrogen-bond donors (Lipinski definition) is 3. The lowest BCUT2D eigenvalue weighted by Crippen LogP contribution is -2.19. The first kappa shape index (κ1) is 14.9. The number of sulfonamides is 1. The average Bonchev–Trinajstić information content (AvgIpc) is 2.23. The van der Waals surface area contributed by atoms with Crippen LogP contribution in [0, 0.1) is 0 Å². The van der Waals surface area contributed by atoms with Gasteiger partial charge in [-0.25, -0.2) is 13.6 Å². The first-order valence-corrected chi connectivity index (χ1v) is 7.40. The van der Waals surface area contributed by atoms with E-state index in [4.69, 9.17) is 16.7 Å². The summed E-state index contributed by atoms with van der Waals surface area (Å²) in [6.07, 6.45) is 0.360. The van der Waals surface area contributed by atoms with Crippen LogP contribution >= 0.6 is 11.6 Å². The van der Waals surface area contributed by atoms with E-state index in [9.17, 15) is 8.42 Å². The summed E-state index contributed by atoms with van der Waals surface area (Å²) in [7, 11) is -3.44. The fourth-order valence-electron chi connectivity index (χ4n) is 1.14. The maximum atomic E-state index is 10.7. The Morgan fingerprint density at radius 2 is 1.83 bits per heavy atom. The van der Waals surface area contributed by atoms with Gasteiger partial charge in [-0.05, 0) is 24.9 Å². The average molecular weight is 295 g/mol. The second-order valence-electron chi connectivity index (χ2n) is 3.43. The first-order valence-electron chi connectivity index (χ1n) is 5.30. The molecule has 1 aromatic rings. The van der Waals surface area contributed by atoms with Crippen LogP contribution in [0.3, 0.4) is 0 Å². The number of aromatic nitrogens is 3. The molecule has 0 bridgehead atoms. The maximum Gasteiger partial charge on any atom is 0.228 e. The molecule has 1 aromatic heterocycles. The molecule has 0 amide bonds. The van der Waals surface area contributed by atoms with Crippen molar-refractivity contribution < 1.29 is 8.42 Å². The largest absolute Gasteiger partial charge is 0.354 e. The molecule has 8 nitrogen and oxygen atoms in total. The SMILES string of the molecule is CCNc1nc(Cl)nc(NCCCS(N)(=O)=O)n1. The van der Waals surface area contributed by atoms with Gasteiger partial charge >= 0.3 is 0 Å². The van der Waals surface area contributed by atoms with E-state index in [-0.39, 0.29) is 11.0 Å². The van der Waals surface area contributed by atoms with Crippen molar-refractivity contribution in [3.63, 3.8) is 0 Å². The van der Waals surface area contributed by atoms with Crippen LogP contribution < -0.4 is 15.8 Å². The van der Waals surface area contributed by atoms with E-state index in [1.165, 1.54) is 0 Å². The van der Waals surface area contributed by atoms with E-state index in [1.54, 1.807) is 0 Å². The minimum absolute atomic E-state index is 0.0647. The Balaban J connectivity index is 2.51. The number of nitrogens with zero attached hydrogens (tertiary/aromatic N) is 3. The normalized spacial score (nSPS) is 11.3. The van der Waals surface area contributed by atoms with Crippen molar-refractivity contribution in [2.24, 2.45) is 5.14 Å². The first-order chi connectivity index (χ1) is 8.40. The Hall–Kier alpha value is -1.19. The van der Waals surface area contributed by atoms with Crippen molar-refractivity contribution in [1.29, 1.82) is 0 Å². The van der Waals surface area contributed by atoms with Crippen molar-refractivity contribution in [2.75, 3.05) is 29.5 Å². The third kappa shape index (κ3) is 5.94. The van der Waals surface area contributed by atoms with E-state index in [0.29, 0.717) is 31.4 Å². The molecule has 0 saturated carbocycles. The predicted molar refractivity (Wildman–Crippen MR) is 70.1 cm³/mol. The van der Waals surface area contributed by atoms with E-state index in [0.717, 1.165) is 0 Å². The molecule has 0 aliphatic carbocycles. The molecule has 0 aromatic carbocycles. The Bertz CT molecular complexity index is 494. The molecule has 18 heavy (non-hydrogen) atoms. The molecule has 0 saturated heterocycles. The predicted octanol–water partition coefficient (Wildman–Crippen LogP) is 0.0473. The van der Waals surface area contributed by atoms with Crippen LogP contribution in [0.4, 0.5) is 11.9 Å². The zero-order valence-electron chi connectivity index (χ0n) is 9.85. The standard InChI is InChI=1S/C8H15ClN6O2S/c1-2-11-7-13-6(9)14-8(15-7)12-4-3-5-18(10,16)17/h2-5H2,1H3,(H2,10,16,17)(H2,11,12,13,14,15). The molecule has 0 unspecified atom stereocenters. The van der Waals surface area contributed by atoms with E-state index in [1.807, 2.05) is 6.92 Å². The van der Waals surface area contributed by atoms with Gasteiger partial charge in [0.15, 0.2) is 0 Å². The summed E-state index contributed by atoms with van der Waals surface area (Å²) in [4.78, 5) is 11.8. The highest BCUT2D eigenvalue weighted by atomic mass is 35.5. The summed E-state index contributed by atoms with van der Waals surface area (Å²) < 4.78 is 21.4. The van der Waals surface area contributed by atoms with Crippen LogP contribution in [-0.4, -0.2) is 42.2 Å². The molecule has 4 N–H and O–H groups in total. The lowest BCUT2D eigenvalue weighted by molar-refractivity contribution is 0.595. The Kier molecular flexibility index (Phi) is 5.51. The Morgan fingerprint density at radius 3 is 2.39 bits per heavy atom. The molecule has 1 heterocycles. The van der Waals surface area contributed by atoms with Gasteiger partial charge in [0.1, 0.15) is 0 Å². The number of halogens is 1. The highest BCUT2D eigenvalue weighted by Crippen LogP contribution is 2.09. The minimum Gasteiger partial charge on any atom is -0.354 e. The van der Waals surface area contributed by atoms with Crippen LogP contribution in [0.1, 0.15) is 13.3 Å². The number of rotatable bonds is 7. The molecule has 0 fully saturated rings. The van der Waals surface area contributed by atoms with Crippen LogP contribution in [0.25, 0.3) is 0 Å². The number of primary sulfonamides is 1. The van der Waals surface area contributed by atoms with E-state index >= 15 is 0 Å². The molecule has 1 rings (SSSR count). The Morgan fingerprint density at radius 1 is 1.22 bits per heavy atom. The number of anilines is 2. The zero-order valence-corrected chi connectivity index (χ0v) is 11.4. The van der Waals surface area contributed by atoms with Crippen LogP contribution in [0.2, 0.25) is 5.28 Å². The monoisotopic (exact) mass is 294 g/mol. The summed E-state index contributed by atoms with van der Waals surface area (Å²) in [5.41, 5.74) is 0. The zero-order chi connectivity index (χ0) is 13.6. The van der Waals surface area contributed by atoms with Crippen molar-refractivity contribution in [3.05, 3.63) is 5.28 Å². The van der Waals surface area contributed by atoms with E-state index in [2.05, 4.69) is 25.6 Å². The topological polar surface area (TPSA) is 123 Å². The third-order valence-corrected chi connectivity index (χ3v) is 2.86. The summed E-state index contributed by atoms with van der Waals surface area (Å²) in [6, 6.07) is 0. The lowest BCUT2D eigenvalue weighted by Gasteiger charge is -2.06.